The zero-order valence-corrected chi connectivity index (χ0v) is 12.6. The van der Waals surface area contributed by atoms with Gasteiger partial charge in [0.1, 0.15) is 18.2 Å². The van der Waals surface area contributed by atoms with Crippen LogP contribution >= 0.6 is 0 Å². The monoisotopic (exact) mass is 305 g/mol. The molecule has 0 spiro atoms. The van der Waals surface area contributed by atoms with Gasteiger partial charge in [-0.25, -0.2) is 4.79 Å². The Balaban J connectivity index is 2.71. The summed E-state index contributed by atoms with van der Waals surface area (Å²) in [5, 5.41) is 21.9. The Labute approximate surface area is 123 Å². The Morgan fingerprint density at radius 2 is 1.86 bits per heavy atom. The molecule has 1 heterocycles. The fraction of sp³-hybridized carbons (Fsp3) is 0.846. The van der Waals surface area contributed by atoms with E-state index in [1.165, 1.54) is 14.2 Å². The maximum absolute atomic E-state index is 12.1. The highest BCUT2D eigenvalue weighted by molar-refractivity contribution is 5.87. The molecule has 122 valence electrons. The van der Waals surface area contributed by atoms with Gasteiger partial charge in [-0.15, -0.1) is 0 Å². The summed E-state index contributed by atoms with van der Waals surface area (Å²) in [5.41, 5.74) is 0. The number of aliphatic hydroxyl groups excluding tert-OH is 2. The van der Waals surface area contributed by atoms with Gasteiger partial charge in [-0.05, 0) is 12.3 Å². The summed E-state index contributed by atoms with van der Waals surface area (Å²) in [6.07, 6.45) is -4.75. The van der Waals surface area contributed by atoms with Crippen LogP contribution in [0.3, 0.4) is 0 Å². The molecule has 0 aromatic carbocycles. The van der Waals surface area contributed by atoms with Crippen LogP contribution in [0.5, 0.6) is 0 Å². The molecule has 1 aliphatic rings. The lowest BCUT2D eigenvalue weighted by Gasteiger charge is -2.21. The van der Waals surface area contributed by atoms with Crippen molar-refractivity contribution in [3.63, 3.8) is 0 Å². The highest BCUT2D eigenvalue weighted by Crippen LogP contribution is 2.22. The number of amides is 1. The topological polar surface area (TPSA) is 114 Å². The molecule has 0 aromatic heterocycles. The van der Waals surface area contributed by atoms with E-state index in [1.54, 1.807) is 0 Å². The molecular weight excluding hydrogens is 282 g/mol. The maximum Gasteiger partial charge on any atom is 0.328 e. The first-order chi connectivity index (χ1) is 9.81. The summed E-state index contributed by atoms with van der Waals surface area (Å²) >= 11 is 0. The molecule has 0 saturated carbocycles. The van der Waals surface area contributed by atoms with Crippen molar-refractivity contribution in [1.29, 1.82) is 0 Å². The van der Waals surface area contributed by atoms with E-state index in [9.17, 15) is 19.8 Å². The predicted molar refractivity (Wildman–Crippen MR) is 71.1 cm³/mol. The van der Waals surface area contributed by atoms with Crippen LogP contribution in [0, 0.1) is 5.92 Å². The normalized spacial score (nSPS) is 30.2. The Kier molecular flexibility index (Phi) is 6.53. The van der Waals surface area contributed by atoms with Gasteiger partial charge in [0.25, 0.3) is 5.91 Å². The van der Waals surface area contributed by atoms with Crippen molar-refractivity contribution >= 4 is 11.9 Å². The van der Waals surface area contributed by atoms with E-state index in [0.29, 0.717) is 6.42 Å². The van der Waals surface area contributed by atoms with Gasteiger partial charge < -0.3 is 29.7 Å². The molecule has 1 rings (SSSR count). The van der Waals surface area contributed by atoms with Crippen LogP contribution in [0.2, 0.25) is 0 Å². The molecular formula is C13H23NO7. The number of ether oxygens (including phenoxy) is 3. The fourth-order valence-corrected chi connectivity index (χ4v) is 2.14. The standard InChI is InChI=1S/C13H23NO7/c1-6(2)5-7(12(18)19-3)14-11(17)10-8(15)9(16)13(20-4)21-10/h6-10,13,15-16H,5H2,1-4H3,(H,14,17)/t7-,8-,9+,10-,13+/m0/s1. The first-order valence-electron chi connectivity index (χ1n) is 6.74. The van der Waals surface area contributed by atoms with Gasteiger partial charge in [0.15, 0.2) is 12.4 Å². The SMILES string of the molecule is COC(=O)[C@H](CC(C)C)NC(=O)[C@H]1O[C@@H](OC)[C@H](O)[C@@H]1O. The molecule has 21 heavy (non-hydrogen) atoms. The second-order valence-electron chi connectivity index (χ2n) is 5.36. The van der Waals surface area contributed by atoms with Crippen molar-refractivity contribution in [3.05, 3.63) is 0 Å². The van der Waals surface area contributed by atoms with Crippen molar-refractivity contribution in [2.24, 2.45) is 5.92 Å². The largest absolute Gasteiger partial charge is 0.467 e. The number of hydrogen-bond donors (Lipinski definition) is 3. The number of carbonyl (C=O) groups excluding carboxylic acids is 2. The fourth-order valence-electron chi connectivity index (χ4n) is 2.14. The Hall–Kier alpha value is -1.22. The second-order valence-corrected chi connectivity index (χ2v) is 5.36. The number of rotatable bonds is 6. The maximum atomic E-state index is 12.1. The van der Waals surface area contributed by atoms with Gasteiger partial charge in [0, 0.05) is 7.11 Å². The molecule has 1 fully saturated rings. The first kappa shape index (κ1) is 17.8. The molecule has 1 saturated heterocycles. The second kappa shape index (κ2) is 7.69. The van der Waals surface area contributed by atoms with E-state index in [2.05, 4.69) is 10.1 Å². The highest BCUT2D eigenvalue weighted by Gasteiger charge is 2.47. The van der Waals surface area contributed by atoms with Crippen molar-refractivity contribution in [2.75, 3.05) is 14.2 Å². The number of carbonyl (C=O) groups is 2. The lowest BCUT2D eigenvalue weighted by atomic mass is 10.0. The van der Waals surface area contributed by atoms with E-state index in [0.717, 1.165) is 0 Å². The van der Waals surface area contributed by atoms with Gasteiger partial charge >= 0.3 is 5.97 Å². The molecule has 3 N–H and O–H groups in total. The summed E-state index contributed by atoms with van der Waals surface area (Å²) < 4.78 is 14.6. The van der Waals surface area contributed by atoms with Crippen LogP contribution in [-0.4, -0.2) is 67.0 Å². The number of hydrogen-bond acceptors (Lipinski definition) is 7. The molecule has 1 amide bonds. The van der Waals surface area contributed by atoms with Crippen molar-refractivity contribution in [2.45, 2.75) is 50.9 Å². The van der Waals surface area contributed by atoms with E-state index < -0.39 is 42.5 Å². The smallest absolute Gasteiger partial charge is 0.328 e. The quantitative estimate of drug-likeness (QED) is 0.527. The van der Waals surface area contributed by atoms with Crippen LogP contribution in [0.1, 0.15) is 20.3 Å². The van der Waals surface area contributed by atoms with Crippen LogP contribution in [-0.2, 0) is 23.8 Å². The molecule has 0 radical (unpaired) electrons. The van der Waals surface area contributed by atoms with Gasteiger partial charge in [-0.3, -0.25) is 4.79 Å². The molecule has 0 bridgehead atoms. The number of nitrogens with one attached hydrogen (secondary N) is 1. The van der Waals surface area contributed by atoms with Gasteiger partial charge in [0.2, 0.25) is 0 Å². The number of aliphatic hydroxyl groups is 2. The average Bonchev–Trinajstić information content (AvgIpc) is 2.72. The Bertz CT molecular complexity index is 374. The zero-order chi connectivity index (χ0) is 16.2. The zero-order valence-electron chi connectivity index (χ0n) is 12.6. The summed E-state index contributed by atoms with van der Waals surface area (Å²) in [7, 11) is 2.52. The molecule has 0 unspecified atom stereocenters. The molecule has 8 heteroatoms. The molecule has 8 nitrogen and oxygen atoms in total. The Morgan fingerprint density at radius 1 is 1.24 bits per heavy atom. The van der Waals surface area contributed by atoms with Crippen molar-refractivity contribution < 1.29 is 34.0 Å². The number of methoxy groups -OCH3 is 2. The van der Waals surface area contributed by atoms with E-state index in [-0.39, 0.29) is 5.92 Å². The van der Waals surface area contributed by atoms with E-state index in [1.807, 2.05) is 13.8 Å². The van der Waals surface area contributed by atoms with Gasteiger partial charge in [-0.1, -0.05) is 13.8 Å². The minimum atomic E-state index is -1.42. The highest BCUT2D eigenvalue weighted by atomic mass is 16.7. The third-order valence-corrected chi connectivity index (χ3v) is 3.22. The predicted octanol–water partition coefficient (Wildman–Crippen LogP) is -1.22. The van der Waals surface area contributed by atoms with Crippen LogP contribution < -0.4 is 5.32 Å². The summed E-state index contributed by atoms with van der Waals surface area (Å²) in [6, 6.07) is -0.836. The van der Waals surface area contributed by atoms with E-state index in [4.69, 9.17) is 9.47 Å². The summed E-state index contributed by atoms with van der Waals surface area (Å²) in [6.45, 7) is 3.79. The van der Waals surface area contributed by atoms with Crippen LogP contribution in [0.15, 0.2) is 0 Å². The minimum absolute atomic E-state index is 0.154. The van der Waals surface area contributed by atoms with Gasteiger partial charge in [-0.2, -0.15) is 0 Å². The first-order valence-corrected chi connectivity index (χ1v) is 6.74. The molecule has 0 aromatic rings. The Morgan fingerprint density at radius 3 is 2.29 bits per heavy atom. The third-order valence-electron chi connectivity index (χ3n) is 3.22. The van der Waals surface area contributed by atoms with E-state index >= 15 is 0 Å². The summed E-state index contributed by atoms with van der Waals surface area (Å²) in [4.78, 5) is 23.8. The molecule has 5 atom stereocenters. The lowest BCUT2D eigenvalue weighted by Crippen LogP contribution is -2.49. The lowest BCUT2D eigenvalue weighted by molar-refractivity contribution is -0.162. The molecule has 0 aliphatic carbocycles. The van der Waals surface area contributed by atoms with Crippen molar-refractivity contribution in [1.82, 2.24) is 5.32 Å². The number of esters is 1. The molecule has 1 aliphatic heterocycles. The third kappa shape index (κ3) is 4.37. The van der Waals surface area contributed by atoms with Crippen molar-refractivity contribution in [3.8, 4) is 0 Å². The minimum Gasteiger partial charge on any atom is -0.467 e. The van der Waals surface area contributed by atoms with Crippen LogP contribution in [0.25, 0.3) is 0 Å². The summed E-state index contributed by atoms with van der Waals surface area (Å²) in [5.74, 6) is -1.12. The van der Waals surface area contributed by atoms with Gasteiger partial charge in [0.05, 0.1) is 7.11 Å². The van der Waals surface area contributed by atoms with Crippen LogP contribution in [0.4, 0.5) is 0 Å². The average molecular weight is 305 g/mol.